The monoisotopic (exact) mass is 314 g/mol. The van der Waals surface area contributed by atoms with Crippen LogP contribution in [0.4, 0.5) is 5.69 Å². The second-order valence-electron chi connectivity index (χ2n) is 4.42. The van der Waals surface area contributed by atoms with Gasteiger partial charge in [0.1, 0.15) is 0 Å². The van der Waals surface area contributed by atoms with Gasteiger partial charge in [-0.2, -0.15) is 0 Å². The Morgan fingerprint density at radius 1 is 1.43 bits per heavy atom. The molecule has 1 aliphatic carbocycles. The molecule has 2 N–H and O–H groups in total. The van der Waals surface area contributed by atoms with E-state index in [9.17, 15) is 14.9 Å². The maximum absolute atomic E-state index is 10.4. The van der Waals surface area contributed by atoms with E-state index in [0.29, 0.717) is 0 Å². The zero-order valence-corrected chi connectivity index (χ0v) is 11.9. The molecule has 8 heteroatoms. The number of non-ortho nitro benzene ring substituents is 1. The summed E-state index contributed by atoms with van der Waals surface area (Å²) in [6.07, 6.45) is 4.10. The minimum absolute atomic E-state index is 0.0104. The Kier molecular flexibility index (Phi) is 6.61. The number of hydrogen-bond donors (Lipinski definition) is 2. The number of carboxylic acid groups (broad SMARTS) is 1. The van der Waals surface area contributed by atoms with Crippen molar-refractivity contribution in [2.45, 2.75) is 31.1 Å². The molecule has 0 spiro atoms. The summed E-state index contributed by atoms with van der Waals surface area (Å²) >= 11 is 5.79. The molecule has 0 radical (unpaired) electrons. The first kappa shape index (κ1) is 16.9. The van der Waals surface area contributed by atoms with Gasteiger partial charge in [-0.3, -0.25) is 10.1 Å². The van der Waals surface area contributed by atoms with Crippen molar-refractivity contribution < 1.29 is 20.0 Å². The number of rotatable bonds is 2. The fourth-order valence-electron chi connectivity index (χ4n) is 1.82. The zero-order chi connectivity index (χ0) is 15.8. The molecule has 1 atom stereocenters. The normalized spacial score (nSPS) is 19.5. The number of hydrogen-bond acceptors (Lipinski definition) is 5. The standard InChI is InChI=1S/C7H5NO4.C6H10ClNO/c9-7(10)5-2-1-3-6(4-5)8(11)12;7-5-3-1-2-4-6(5)8-9/h1-4H,(H,9,10);5,9H,1-4H2. The molecule has 1 fully saturated rings. The third kappa shape index (κ3) is 5.39. The van der Waals surface area contributed by atoms with Crippen LogP contribution in [0.25, 0.3) is 0 Å². The van der Waals surface area contributed by atoms with Gasteiger partial charge < -0.3 is 10.3 Å². The number of halogens is 1. The molecule has 0 aliphatic heterocycles. The number of carboxylic acids is 1. The Bertz CT molecular complexity index is 518. The number of oxime groups is 1. The summed E-state index contributed by atoms with van der Waals surface area (Å²) in [4.78, 5) is 19.9. The first-order chi connectivity index (χ1) is 9.95. The van der Waals surface area contributed by atoms with Crippen LogP contribution in [0.15, 0.2) is 29.4 Å². The molecule has 0 aromatic heterocycles. The summed E-state index contributed by atoms with van der Waals surface area (Å²) in [5.74, 6) is -1.17. The molecular formula is C13H15ClN2O5. The van der Waals surface area contributed by atoms with Gasteiger partial charge in [-0.05, 0) is 25.3 Å². The molecule has 21 heavy (non-hydrogen) atoms. The summed E-state index contributed by atoms with van der Waals surface area (Å²) in [5, 5.41) is 30.1. The minimum atomic E-state index is -1.17. The van der Waals surface area contributed by atoms with Gasteiger partial charge in [-0.1, -0.05) is 17.6 Å². The molecular weight excluding hydrogens is 300 g/mol. The van der Waals surface area contributed by atoms with Crippen LogP contribution in [-0.4, -0.2) is 32.3 Å². The van der Waals surface area contributed by atoms with E-state index in [-0.39, 0.29) is 16.6 Å². The third-order valence-corrected chi connectivity index (χ3v) is 3.40. The highest BCUT2D eigenvalue weighted by molar-refractivity contribution is 6.32. The lowest BCUT2D eigenvalue weighted by atomic mass is 9.98. The first-order valence-corrected chi connectivity index (χ1v) is 6.72. The highest BCUT2D eigenvalue weighted by Crippen LogP contribution is 2.19. The van der Waals surface area contributed by atoms with Gasteiger partial charge in [0.2, 0.25) is 0 Å². The highest BCUT2D eigenvalue weighted by atomic mass is 35.5. The SMILES string of the molecule is O=C(O)c1cccc([N+](=O)[O-])c1.ON=C1CCCCC1Cl. The predicted molar refractivity (Wildman–Crippen MR) is 77.4 cm³/mol. The van der Waals surface area contributed by atoms with E-state index in [1.54, 1.807) is 0 Å². The lowest BCUT2D eigenvalue weighted by Gasteiger charge is -2.15. The van der Waals surface area contributed by atoms with Crippen LogP contribution in [0.1, 0.15) is 36.0 Å². The van der Waals surface area contributed by atoms with E-state index >= 15 is 0 Å². The Labute approximate surface area is 126 Å². The van der Waals surface area contributed by atoms with E-state index in [1.807, 2.05) is 0 Å². The second kappa shape index (κ2) is 8.21. The molecule has 114 valence electrons. The van der Waals surface area contributed by atoms with Crippen molar-refractivity contribution in [3.05, 3.63) is 39.9 Å². The molecule has 1 aromatic carbocycles. The van der Waals surface area contributed by atoms with Gasteiger partial charge in [0.15, 0.2) is 0 Å². The zero-order valence-electron chi connectivity index (χ0n) is 11.1. The summed E-state index contributed by atoms with van der Waals surface area (Å²) in [6.45, 7) is 0. The van der Waals surface area contributed by atoms with E-state index in [0.717, 1.165) is 37.5 Å². The van der Waals surface area contributed by atoms with Gasteiger partial charge >= 0.3 is 5.97 Å². The number of alkyl halides is 1. The third-order valence-electron chi connectivity index (χ3n) is 2.93. The van der Waals surface area contributed by atoms with Crippen molar-refractivity contribution in [2.24, 2.45) is 5.16 Å². The van der Waals surface area contributed by atoms with Crippen LogP contribution < -0.4 is 0 Å². The molecule has 1 unspecified atom stereocenters. The molecule has 2 rings (SSSR count). The largest absolute Gasteiger partial charge is 0.478 e. The lowest BCUT2D eigenvalue weighted by Crippen LogP contribution is -2.18. The summed E-state index contributed by atoms with van der Waals surface area (Å²) < 4.78 is 0. The Morgan fingerprint density at radius 3 is 2.62 bits per heavy atom. The summed E-state index contributed by atoms with van der Waals surface area (Å²) in [7, 11) is 0. The van der Waals surface area contributed by atoms with Gasteiger partial charge in [-0.15, -0.1) is 11.6 Å². The van der Waals surface area contributed by atoms with Gasteiger partial charge in [0.25, 0.3) is 5.69 Å². The molecule has 1 aliphatic rings. The molecule has 0 saturated heterocycles. The average molecular weight is 315 g/mol. The maximum Gasteiger partial charge on any atom is 0.335 e. The first-order valence-electron chi connectivity index (χ1n) is 6.28. The molecule has 1 aromatic rings. The molecule has 7 nitrogen and oxygen atoms in total. The minimum Gasteiger partial charge on any atom is -0.478 e. The fraction of sp³-hybridized carbons (Fsp3) is 0.385. The van der Waals surface area contributed by atoms with Crippen molar-refractivity contribution in [2.75, 3.05) is 0 Å². The Hall–Kier alpha value is -2.15. The van der Waals surface area contributed by atoms with Crippen molar-refractivity contribution in [3.8, 4) is 0 Å². The van der Waals surface area contributed by atoms with Crippen LogP contribution in [0.2, 0.25) is 0 Å². The van der Waals surface area contributed by atoms with Crippen LogP contribution in [-0.2, 0) is 0 Å². The van der Waals surface area contributed by atoms with Gasteiger partial charge in [-0.25, -0.2) is 4.79 Å². The van der Waals surface area contributed by atoms with E-state index in [2.05, 4.69) is 5.16 Å². The quantitative estimate of drug-likeness (QED) is 0.376. The second-order valence-corrected chi connectivity index (χ2v) is 4.94. The summed E-state index contributed by atoms with van der Waals surface area (Å²) in [5.41, 5.74) is 0.460. The molecule has 0 amide bonds. The van der Waals surface area contributed by atoms with Crippen LogP contribution in [0, 0.1) is 10.1 Å². The fourth-order valence-corrected chi connectivity index (χ4v) is 2.13. The number of benzene rings is 1. The van der Waals surface area contributed by atoms with E-state index in [1.165, 1.54) is 18.2 Å². The van der Waals surface area contributed by atoms with Crippen LogP contribution >= 0.6 is 11.6 Å². The average Bonchev–Trinajstić information content (AvgIpc) is 2.48. The number of carbonyl (C=O) groups is 1. The molecule has 0 heterocycles. The lowest BCUT2D eigenvalue weighted by molar-refractivity contribution is -0.384. The molecule has 0 bridgehead atoms. The van der Waals surface area contributed by atoms with Crippen molar-refractivity contribution in [1.29, 1.82) is 0 Å². The number of aromatic carboxylic acids is 1. The van der Waals surface area contributed by atoms with Crippen molar-refractivity contribution in [1.82, 2.24) is 0 Å². The Morgan fingerprint density at radius 2 is 2.14 bits per heavy atom. The number of nitro groups is 1. The summed E-state index contributed by atoms with van der Waals surface area (Å²) in [6, 6.07) is 4.89. The number of nitro benzene ring substituents is 1. The molecule has 1 saturated carbocycles. The maximum atomic E-state index is 10.4. The number of nitrogens with zero attached hydrogens (tertiary/aromatic N) is 2. The highest BCUT2D eigenvalue weighted by Gasteiger charge is 2.17. The van der Waals surface area contributed by atoms with E-state index in [4.69, 9.17) is 21.9 Å². The van der Waals surface area contributed by atoms with Gasteiger partial charge in [0, 0.05) is 12.1 Å². The Balaban J connectivity index is 0.000000219. The van der Waals surface area contributed by atoms with Gasteiger partial charge in [0.05, 0.1) is 21.6 Å². The van der Waals surface area contributed by atoms with E-state index < -0.39 is 10.9 Å². The van der Waals surface area contributed by atoms with Crippen molar-refractivity contribution in [3.63, 3.8) is 0 Å². The van der Waals surface area contributed by atoms with Crippen LogP contribution in [0.5, 0.6) is 0 Å². The predicted octanol–water partition coefficient (Wildman–Crippen LogP) is 3.29. The topological polar surface area (TPSA) is 113 Å². The smallest absolute Gasteiger partial charge is 0.335 e. The van der Waals surface area contributed by atoms with Crippen LogP contribution in [0.3, 0.4) is 0 Å². The van der Waals surface area contributed by atoms with Crippen molar-refractivity contribution >= 4 is 29.0 Å².